The highest BCUT2D eigenvalue weighted by Crippen LogP contribution is 2.59. The van der Waals surface area contributed by atoms with Gasteiger partial charge in [0, 0.05) is 83.9 Å². The second-order valence-electron chi connectivity index (χ2n) is 26.8. The van der Waals surface area contributed by atoms with Crippen LogP contribution in [-0.4, -0.2) is 6.85 Å². The normalized spacial score (nSPS) is 17.3. The molecule has 0 fully saturated rings. The van der Waals surface area contributed by atoms with Gasteiger partial charge in [-0.05, 0) is 146 Å². The van der Waals surface area contributed by atoms with E-state index in [9.17, 15) is 0 Å². The first kappa shape index (κ1) is 47.5. The maximum Gasteiger partial charge on any atom is 0.333 e. The maximum atomic E-state index is 7.38. The van der Waals surface area contributed by atoms with Gasteiger partial charge >= 0.3 is 6.85 Å². The number of fused-ring (bicyclic) bond motifs is 14. The minimum absolute atomic E-state index is 0.0153. The summed E-state index contributed by atoms with van der Waals surface area (Å²) < 4.78 is 14.6. The van der Waals surface area contributed by atoms with Crippen molar-refractivity contribution in [1.29, 1.82) is 0 Å². The predicted octanol–water partition coefficient (Wildman–Crippen LogP) is 18.7. The molecule has 0 unspecified atom stereocenters. The Hall–Kier alpha value is -7.76. The molecule has 10 aromatic rings. The van der Waals surface area contributed by atoms with Gasteiger partial charge in [0.25, 0.3) is 0 Å². The maximum absolute atomic E-state index is 7.38. The monoisotopic (exact) mass is 1010 g/mol. The number of ether oxygens (including phenoxy) is 1. The molecule has 0 spiro atoms. The first-order chi connectivity index (χ1) is 37.2. The Balaban J connectivity index is 1.14. The van der Waals surface area contributed by atoms with Crippen molar-refractivity contribution >= 4 is 68.1 Å². The van der Waals surface area contributed by atoms with E-state index in [1.54, 1.807) is 0 Å². The molecule has 3 aliphatic heterocycles. The molecule has 0 amide bonds. The van der Waals surface area contributed by atoms with E-state index < -0.39 is 0 Å². The molecular weight excluding hydrogens is 948 g/mol. The van der Waals surface area contributed by atoms with Crippen LogP contribution in [0.4, 0.5) is 28.4 Å². The standard InChI is InChI=1S/C73H67BN2O2/c1-42-34-54-55(71(7,8)33-32-70(54,5)6)40-59(42)75-61-41-65-56(73(11,12)52-27-19-21-29-64(52)77-65)38-57(61)74-67-62(75)37-49-46-25-17-20-28-63(46)78-68(49)66(67)50-36-48-45-24-16-18-26-51(45)72(9,10)53(48)39-60(50)76(74)58-31-30-44(69(2,3)4)35-47(58)43-22-14-13-15-23-43/h13-31,34-41H,32-33H2,1-12H3. The Kier molecular flexibility index (Phi) is 9.56. The van der Waals surface area contributed by atoms with Crippen LogP contribution in [0.15, 0.2) is 168 Å². The lowest BCUT2D eigenvalue weighted by molar-refractivity contribution is 0.332. The number of aryl methyl sites for hydroxylation is 1. The topological polar surface area (TPSA) is 28.9 Å². The fourth-order valence-corrected chi connectivity index (χ4v) is 14.9. The quantitative estimate of drug-likeness (QED) is 0.165. The molecular formula is C73H67BN2O2. The van der Waals surface area contributed by atoms with Crippen LogP contribution in [0.3, 0.4) is 0 Å². The predicted molar refractivity (Wildman–Crippen MR) is 328 cm³/mol. The summed E-state index contributed by atoms with van der Waals surface area (Å²) in [4.78, 5) is 5.40. The smallest absolute Gasteiger partial charge is 0.333 e. The third kappa shape index (κ3) is 6.42. The largest absolute Gasteiger partial charge is 0.457 e. The molecule has 0 saturated heterocycles. The van der Waals surface area contributed by atoms with Gasteiger partial charge in [0.2, 0.25) is 0 Å². The number of furan rings is 1. The summed E-state index contributed by atoms with van der Waals surface area (Å²) in [6.45, 7) is 28.4. The Labute approximate surface area is 460 Å². The Morgan fingerprint density at radius 3 is 1.91 bits per heavy atom. The summed E-state index contributed by atoms with van der Waals surface area (Å²) in [5.41, 5.74) is 27.4. The van der Waals surface area contributed by atoms with E-state index in [0.29, 0.717) is 0 Å². The summed E-state index contributed by atoms with van der Waals surface area (Å²) in [6, 6.07) is 62.5. The number of para-hydroxylation sites is 2. The molecule has 1 aromatic heterocycles. The van der Waals surface area contributed by atoms with Gasteiger partial charge in [-0.25, -0.2) is 0 Å². The Bertz CT molecular complexity index is 4260. The highest BCUT2D eigenvalue weighted by Gasteiger charge is 2.51. The zero-order valence-electron chi connectivity index (χ0n) is 47.3. The van der Waals surface area contributed by atoms with Gasteiger partial charge in [-0.2, -0.15) is 0 Å². The van der Waals surface area contributed by atoms with Gasteiger partial charge in [0.1, 0.15) is 22.7 Å². The summed E-state index contributed by atoms with van der Waals surface area (Å²) in [6.07, 6.45) is 2.28. The molecule has 5 heteroatoms. The van der Waals surface area contributed by atoms with Crippen LogP contribution in [0.25, 0.3) is 55.3 Å². The number of anilines is 5. The van der Waals surface area contributed by atoms with Crippen LogP contribution >= 0.6 is 0 Å². The van der Waals surface area contributed by atoms with Crippen molar-refractivity contribution in [3.8, 4) is 44.9 Å². The van der Waals surface area contributed by atoms with E-state index in [0.717, 1.165) is 57.7 Å². The van der Waals surface area contributed by atoms with E-state index >= 15 is 0 Å². The lowest BCUT2D eigenvalue weighted by Crippen LogP contribution is -2.62. The molecule has 4 heterocycles. The van der Waals surface area contributed by atoms with Crippen LogP contribution in [-0.2, 0) is 27.1 Å². The Morgan fingerprint density at radius 1 is 0.474 bits per heavy atom. The van der Waals surface area contributed by atoms with Crippen molar-refractivity contribution in [2.75, 3.05) is 9.71 Å². The first-order valence-electron chi connectivity index (χ1n) is 28.4. The van der Waals surface area contributed by atoms with Crippen LogP contribution < -0.4 is 25.4 Å². The van der Waals surface area contributed by atoms with Crippen molar-refractivity contribution < 1.29 is 9.15 Å². The van der Waals surface area contributed by atoms with Crippen LogP contribution in [0.5, 0.6) is 11.5 Å². The van der Waals surface area contributed by atoms with Crippen LogP contribution in [0, 0.1) is 6.92 Å². The first-order valence-corrected chi connectivity index (χ1v) is 28.4. The molecule has 0 saturated carbocycles. The number of hydrogen-bond acceptors (Lipinski definition) is 4. The molecule has 0 bridgehead atoms. The Morgan fingerprint density at radius 2 is 1.14 bits per heavy atom. The summed E-state index contributed by atoms with van der Waals surface area (Å²) in [5.74, 6) is 1.82. The summed E-state index contributed by atoms with van der Waals surface area (Å²) >= 11 is 0. The SMILES string of the molecule is Cc1cc2c(cc1N1c3cc4c(cc3B3c5c1cc1c(oc6ccccc61)c5-c1cc5c(cc1N3c1ccc(C(C)(C)C)cc1-c1ccccc1)C(C)(C)c1ccccc1-5)C(C)(C)c1ccccc1O4)C(C)(C)CCC2(C)C. The minimum atomic E-state index is -0.370. The fraction of sp³-hybridized carbons (Fsp3) is 0.260. The molecule has 384 valence electrons. The zero-order chi connectivity index (χ0) is 53.7. The second-order valence-corrected chi connectivity index (χ2v) is 26.8. The number of hydrogen-bond donors (Lipinski definition) is 0. The van der Waals surface area contributed by atoms with Crippen molar-refractivity contribution in [3.05, 3.63) is 208 Å². The zero-order valence-corrected chi connectivity index (χ0v) is 47.3. The number of rotatable bonds is 3. The molecule has 0 N–H and O–H groups in total. The van der Waals surface area contributed by atoms with E-state index in [1.807, 2.05) is 0 Å². The molecule has 0 radical (unpaired) electrons. The lowest BCUT2D eigenvalue weighted by atomic mass is 9.42. The molecule has 9 aromatic carbocycles. The van der Waals surface area contributed by atoms with Crippen molar-refractivity contribution in [1.82, 2.24) is 0 Å². The number of benzene rings is 9. The average Bonchev–Trinajstić information content (AvgIpc) is 3.41. The van der Waals surface area contributed by atoms with Gasteiger partial charge in [-0.15, -0.1) is 0 Å². The van der Waals surface area contributed by atoms with Crippen molar-refractivity contribution in [2.45, 2.75) is 123 Å². The second kappa shape index (κ2) is 15.7. The molecule has 0 atom stereocenters. The van der Waals surface area contributed by atoms with Crippen molar-refractivity contribution in [3.63, 3.8) is 0 Å². The molecule has 15 rings (SSSR count). The molecule has 4 nitrogen and oxygen atoms in total. The number of nitrogens with zero attached hydrogens (tertiary/aromatic N) is 2. The summed E-state index contributed by atoms with van der Waals surface area (Å²) in [7, 11) is 0. The van der Waals surface area contributed by atoms with Crippen LogP contribution in [0.1, 0.15) is 134 Å². The third-order valence-electron chi connectivity index (χ3n) is 19.4. The highest BCUT2D eigenvalue weighted by atomic mass is 16.5. The average molecular weight is 1020 g/mol. The minimum Gasteiger partial charge on any atom is -0.457 e. The lowest BCUT2D eigenvalue weighted by Gasteiger charge is -2.48. The molecule has 78 heavy (non-hydrogen) atoms. The van der Waals surface area contributed by atoms with Gasteiger partial charge in [-0.1, -0.05) is 185 Å². The molecule has 2 aliphatic carbocycles. The van der Waals surface area contributed by atoms with Gasteiger partial charge in [0.05, 0.1) is 0 Å². The van der Waals surface area contributed by atoms with E-state index in [4.69, 9.17) is 9.15 Å². The van der Waals surface area contributed by atoms with Gasteiger partial charge in [0.15, 0.2) is 0 Å². The van der Waals surface area contributed by atoms with Crippen LogP contribution in [0.2, 0.25) is 0 Å². The van der Waals surface area contributed by atoms with E-state index in [1.165, 1.54) is 106 Å². The van der Waals surface area contributed by atoms with Crippen molar-refractivity contribution in [2.24, 2.45) is 0 Å². The van der Waals surface area contributed by atoms with E-state index in [2.05, 4.69) is 257 Å². The third-order valence-corrected chi connectivity index (χ3v) is 19.4. The van der Waals surface area contributed by atoms with Gasteiger partial charge < -0.3 is 18.9 Å². The van der Waals surface area contributed by atoms with Gasteiger partial charge in [-0.3, -0.25) is 0 Å². The highest BCUT2D eigenvalue weighted by molar-refractivity contribution is 6.94. The van der Waals surface area contributed by atoms with E-state index in [-0.39, 0.29) is 33.9 Å². The fourth-order valence-electron chi connectivity index (χ4n) is 14.9. The molecule has 5 aliphatic rings. The summed E-state index contributed by atoms with van der Waals surface area (Å²) in [5, 5.41) is 2.24.